The molecule has 0 saturated carbocycles. The van der Waals surface area contributed by atoms with Gasteiger partial charge in [0.2, 0.25) is 0 Å². The predicted octanol–water partition coefficient (Wildman–Crippen LogP) is 8.78. The maximum absolute atomic E-state index is 12.0. The van der Waals surface area contributed by atoms with E-state index in [-0.39, 0.29) is 17.9 Å². The molecule has 0 saturated heterocycles. The first-order valence-corrected chi connectivity index (χ1v) is 13.2. The first kappa shape index (κ1) is 29.7. The third-order valence-corrected chi connectivity index (χ3v) is 5.63. The Hall–Kier alpha value is -1.32. The maximum Gasteiger partial charge on any atom is 0.313 e. The lowest BCUT2D eigenvalue weighted by Gasteiger charge is -2.09. The summed E-state index contributed by atoms with van der Waals surface area (Å²) in [6, 6.07) is 0. The highest BCUT2D eigenvalue weighted by molar-refractivity contribution is 5.73. The summed E-state index contributed by atoms with van der Waals surface area (Å²) in [5.74, 6) is -0.597. The molecule has 0 radical (unpaired) electrons. The van der Waals surface area contributed by atoms with Crippen LogP contribution in [0.2, 0.25) is 0 Å². The second kappa shape index (κ2) is 23.3. The van der Waals surface area contributed by atoms with Gasteiger partial charge < -0.3 is 9.47 Å². The summed E-state index contributed by atoms with van der Waals surface area (Å²) < 4.78 is 10.4. The van der Waals surface area contributed by atoms with Crippen molar-refractivity contribution in [2.75, 3.05) is 0 Å². The quantitative estimate of drug-likeness (QED) is 0.0962. The van der Waals surface area contributed by atoms with Gasteiger partial charge in [-0.1, -0.05) is 117 Å². The van der Waals surface area contributed by atoms with Crippen molar-refractivity contribution in [3.8, 4) is 0 Å². The highest BCUT2D eigenvalue weighted by atomic mass is 16.7. The molecule has 0 aromatic rings. The first-order valence-electron chi connectivity index (χ1n) is 13.2. The fourth-order valence-electron chi connectivity index (χ4n) is 3.63. The van der Waals surface area contributed by atoms with Crippen LogP contribution < -0.4 is 0 Å². The number of ether oxygens (including phenoxy) is 2. The molecule has 4 heteroatoms. The van der Waals surface area contributed by atoms with E-state index in [4.69, 9.17) is 9.47 Å². The third-order valence-electron chi connectivity index (χ3n) is 5.63. The van der Waals surface area contributed by atoms with Crippen LogP contribution in [0.3, 0.4) is 0 Å². The molecule has 0 unspecified atom stereocenters. The monoisotopic (exact) mass is 438 g/mol. The maximum atomic E-state index is 12.0. The number of allylic oxidation sites excluding steroid dienone is 1. The Kier molecular flexibility index (Phi) is 22.4. The Balaban J connectivity index is 3.66. The molecule has 0 aromatic carbocycles. The highest BCUT2D eigenvalue weighted by Crippen LogP contribution is 2.14. The van der Waals surface area contributed by atoms with Crippen molar-refractivity contribution < 1.29 is 19.1 Å². The van der Waals surface area contributed by atoms with Crippen LogP contribution in [0.25, 0.3) is 0 Å². The van der Waals surface area contributed by atoms with Crippen LogP contribution in [-0.2, 0) is 19.1 Å². The van der Waals surface area contributed by atoms with E-state index in [1.165, 1.54) is 89.9 Å². The Bertz CT molecular complexity index is 418. The van der Waals surface area contributed by atoms with Crippen LogP contribution >= 0.6 is 0 Å². The van der Waals surface area contributed by atoms with Gasteiger partial charge in [0.05, 0.1) is 0 Å². The van der Waals surface area contributed by atoms with Gasteiger partial charge >= 0.3 is 11.9 Å². The van der Waals surface area contributed by atoms with Crippen molar-refractivity contribution >= 4 is 11.9 Å². The van der Waals surface area contributed by atoms with E-state index >= 15 is 0 Å². The molecule has 0 rings (SSSR count). The Morgan fingerprint density at radius 3 is 1.10 bits per heavy atom. The van der Waals surface area contributed by atoms with Gasteiger partial charge in [-0.25, -0.2) is 0 Å². The van der Waals surface area contributed by atoms with E-state index in [1.807, 2.05) is 0 Å². The molecule has 31 heavy (non-hydrogen) atoms. The van der Waals surface area contributed by atoms with Gasteiger partial charge in [0.1, 0.15) is 0 Å². The average molecular weight is 439 g/mol. The number of hydrogen-bond acceptors (Lipinski definition) is 4. The van der Waals surface area contributed by atoms with Gasteiger partial charge in [-0.3, -0.25) is 9.59 Å². The lowest BCUT2D eigenvalue weighted by molar-refractivity contribution is -0.154. The van der Waals surface area contributed by atoms with Gasteiger partial charge in [-0.05, 0) is 25.8 Å². The standard InChI is InChI=1S/C27H50O4/c1-4-7-9-11-13-15-17-19-21-23-25(28)30-27(6-3)31-26(29)24-22-20-18-16-14-12-10-8-5-2/h6H,4-5,7-24H2,1-3H3. The summed E-state index contributed by atoms with van der Waals surface area (Å²) in [5, 5.41) is 0. The minimum absolute atomic E-state index is 0.0295. The van der Waals surface area contributed by atoms with E-state index in [2.05, 4.69) is 13.8 Å². The molecule has 0 heterocycles. The van der Waals surface area contributed by atoms with Crippen LogP contribution in [0.5, 0.6) is 0 Å². The molecule has 0 spiro atoms. The number of hydrogen-bond donors (Lipinski definition) is 0. The molecule has 182 valence electrons. The van der Waals surface area contributed by atoms with Crippen LogP contribution in [0, 0.1) is 0 Å². The smallest absolute Gasteiger partial charge is 0.313 e. The van der Waals surface area contributed by atoms with E-state index in [9.17, 15) is 9.59 Å². The van der Waals surface area contributed by atoms with Crippen molar-refractivity contribution in [3.63, 3.8) is 0 Å². The number of rotatable bonds is 22. The van der Waals surface area contributed by atoms with Gasteiger partial charge in [-0.15, -0.1) is 0 Å². The molecule has 0 atom stereocenters. The Labute approximate surface area is 192 Å². The van der Waals surface area contributed by atoms with Gasteiger partial charge in [0.25, 0.3) is 5.95 Å². The molecular weight excluding hydrogens is 388 g/mol. The molecule has 0 aliphatic heterocycles. The number of carbonyl (C=O) groups is 2. The molecule has 0 amide bonds. The van der Waals surface area contributed by atoms with Crippen molar-refractivity contribution in [1.82, 2.24) is 0 Å². The van der Waals surface area contributed by atoms with Crippen molar-refractivity contribution in [3.05, 3.63) is 12.0 Å². The molecule has 0 fully saturated rings. The van der Waals surface area contributed by atoms with E-state index in [1.54, 1.807) is 13.0 Å². The zero-order valence-corrected chi connectivity index (χ0v) is 20.9. The van der Waals surface area contributed by atoms with Crippen LogP contribution in [-0.4, -0.2) is 11.9 Å². The highest BCUT2D eigenvalue weighted by Gasteiger charge is 2.12. The average Bonchev–Trinajstić information content (AvgIpc) is 2.76. The largest absolute Gasteiger partial charge is 0.393 e. The second-order valence-corrected chi connectivity index (χ2v) is 8.71. The summed E-state index contributed by atoms with van der Waals surface area (Å²) in [6.07, 6.45) is 24.0. The van der Waals surface area contributed by atoms with Crippen LogP contribution in [0.15, 0.2) is 12.0 Å². The Morgan fingerprint density at radius 1 is 0.516 bits per heavy atom. The first-order chi connectivity index (χ1) is 15.1. The minimum Gasteiger partial charge on any atom is -0.393 e. The summed E-state index contributed by atoms with van der Waals surface area (Å²) in [6.45, 7) is 6.18. The molecule has 0 N–H and O–H groups in total. The fraction of sp³-hybridized carbons (Fsp3) is 0.852. The van der Waals surface area contributed by atoms with Crippen molar-refractivity contribution in [1.29, 1.82) is 0 Å². The SMILES string of the molecule is CC=C(OC(=O)CCCCCCCCCCC)OC(=O)CCCCCCCCCCC. The lowest BCUT2D eigenvalue weighted by atomic mass is 10.1. The van der Waals surface area contributed by atoms with E-state index in [0.29, 0.717) is 12.8 Å². The summed E-state index contributed by atoms with van der Waals surface area (Å²) in [7, 11) is 0. The number of unbranched alkanes of at least 4 members (excludes halogenated alkanes) is 16. The molecular formula is C27H50O4. The normalized spacial score (nSPS) is 10.7. The third kappa shape index (κ3) is 21.7. The van der Waals surface area contributed by atoms with Gasteiger partial charge in [0, 0.05) is 12.8 Å². The minimum atomic E-state index is -0.313. The number of esters is 2. The molecule has 0 bridgehead atoms. The van der Waals surface area contributed by atoms with Gasteiger partial charge in [0.15, 0.2) is 0 Å². The van der Waals surface area contributed by atoms with E-state index in [0.717, 1.165) is 25.7 Å². The van der Waals surface area contributed by atoms with Crippen LogP contribution in [0.4, 0.5) is 0 Å². The zero-order chi connectivity index (χ0) is 23.0. The predicted molar refractivity (Wildman–Crippen MR) is 130 cm³/mol. The summed E-state index contributed by atoms with van der Waals surface area (Å²) >= 11 is 0. The molecule has 0 aliphatic rings. The van der Waals surface area contributed by atoms with Crippen molar-refractivity contribution in [2.45, 2.75) is 149 Å². The zero-order valence-electron chi connectivity index (χ0n) is 20.9. The molecule has 0 aliphatic carbocycles. The lowest BCUT2D eigenvalue weighted by Crippen LogP contribution is -2.11. The molecule has 0 aromatic heterocycles. The second-order valence-electron chi connectivity index (χ2n) is 8.71. The van der Waals surface area contributed by atoms with E-state index < -0.39 is 0 Å². The topological polar surface area (TPSA) is 52.6 Å². The fourth-order valence-corrected chi connectivity index (χ4v) is 3.63. The summed E-state index contributed by atoms with van der Waals surface area (Å²) in [5.41, 5.74) is 0. The van der Waals surface area contributed by atoms with Crippen LogP contribution in [0.1, 0.15) is 149 Å². The Morgan fingerprint density at radius 2 is 0.806 bits per heavy atom. The number of carbonyl (C=O) groups excluding carboxylic acids is 2. The van der Waals surface area contributed by atoms with Crippen molar-refractivity contribution in [2.24, 2.45) is 0 Å². The van der Waals surface area contributed by atoms with Gasteiger partial charge in [-0.2, -0.15) is 0 Å². The summed E-state index contributed by atoms with van der Waals surface area (Å²) in [4.78, 5) is 23.9. The molecule has 4 nitrogen and oxygen atoms in total.